The van der Waals surface area contributed by atoms with E-state index in [1.807, 2.05) is 19.0 Å². The number of nitrogens with one attached hydrogen (secondary N) is 1. The van der Waals surface area contributed by atoms with Gasteiger partial charge in [0.1, 0.15) is 0 Å². The maximum Gasteiger partial charge on any atom is 0.241 e. The summed E-state index contributed by atoms with van der Waals surface area (Å²) in [6.45, 7) is 6.76. The Morgan fingerprint density at radius 1 is 1.53 bits per heavy atom. The molecule has 0 aromatic rings. The lowest BCUT2D eigenvalue weighted by molar-refractivity contribution is -0.134. The summed E-state index contributed by atoms with van der Waals surface area (Å²) in [7, 11) is 4.00. The van der Waals surface area contributed by atoms with Crippen LogP contribution in [0, 0.1) is 0 Å². The first-order chi connectivity index (χ1) is 7.02. The van der Waals surface area contributed by atoms with Gasteiger partial charge >= 0.3 is 0 Å². The van der Waals surface area contributed by atoms with E-state index in [1.54, 1.807) is 0 Å². The topological polar surface area (TPSA) is 35.6 Å². The largest absolute Gasteiger partial charge is 0.339 e. The average Bonchev–Trinajstić information content (AvgIpc) is 2.29. The molecule has 0 aliphatic carbocycles. The second-order valence-electron chi connectivity index (χ2n) is 4.75. The molecule has 0 spiro atoms. The lowest BCUT2D eigenvalue weighted by Gasteiger charge is -2.29. The van der Waals surface area contributed by atoms with Crippen LogP contribution >= 0.6 is 0 Å². The fraction of sp³-hybridized carbons (Fsp3) is 0.909. The zero-order valence-corrected chi connectivity index (χ0v) is 10.3. The van der Waals surface area contributed by atoms with Crippen LogP contribution in [0.4, 0.5) is 0 Å². The Morgan fingerprint density at radius 2 is 2.20 bits per heavy atom. The third-order valence-electron chi connectivity index (χ3n) is 2.72. The van der Waals surface area contributed by atoms with Crippen molar-refractivity contribution in [1.29, 1.82) is 0 Å². The minimum absolute atomic E-state index is 0.0371. The fourth-order valence-electron chi connectivity index (χ4n) is 1.94. The third-order valence-corrected chi connectivity index (χ3v) is 2.72. The van der Waals surface area contributed by atoms with Crippen molar-refractivity contribution < 1.29 is 4.79 Å². The van der Waals surface area contributed by atoms with E-state index in [1.165, 1.54) is 0 Å². The molecule has 88 valence electrons. The number of nitrogens with zero attached hydrogens (tertiary/aromatic N) is 2. The molecule has 0 aromatic heterocycles. The molecule has 1 fully saturated rings. The minimum atomic E-state index is -0.0371. The van der Waals surface area contributed by atoms with Crippen LogP contribution < -0.4 is 5.32 Å². The van der Waals surface area contributed by atoms with Crippen molar-refractivity contribution >= 4 is 5.91 Å². The van der Waals surface area contributed by atoms with Crippen LogP contribution in [0.3, 0.4) is 0 Å². The van der Waals surface area contributed by atoms with Gasteiger partial charge in [0.15, 0.2) is 0 Å². The molecule has 0 saturated carbocycles. The second-order valence-corrected chi connectivity index (χ2v) is 4.75. The van der Waals surface area contributed by atoms with Gasteiger partial charge in [-0.05, 0) is 40.9 Å². The zero-order valence-electron chi connectivity index (χ0n) is 10.3. The number of hydrogen-bond acceptors (Lipinski definition) is 3. The lowest BCUT2D eigenvalue weighted by Crippen LogP contribution is -2.50. The van der Waals surface area contributed by atoms with Crippen LogP contribution in [-0.4, -0.2) is 61.5 Å². The highest BCUT2D eigenvalue weighted by Crippen LogP contribution is 2.07. The minimum Gasteiger partial charge on any atom is -0.339 e. The predicted octanol–water partition coefficient (Wildman–Crippen LogP) is 0.147. The van der Waals surface area contributed by atoms with Crippen molar-refractivity contribution in [2.24, 2.45) is 0 Å². The van der Waals surface area contributed by atoms with Crippen LogP contribution in [0.2, 0.25) is 0 Å². The van der Waals surface area contributed by atoms with Crippen molar-refractivity contribution in [1.82, 2.24) is 15.1 Å². The number of carbonyl (C=O) groups is 1. The standard InChI is InChI=1S/C11H23N3O/c1-9(2)14-7-5-6-12-10(11(14)15)8-13(3)4/h9-10,12H,5-8H2,1-4H3. The summed E-state index contributed by atoms with van der Waals surface area (Å²) in [6, 6.07) is 0.270. The highest BCUT2D eigenvalue weighted by atomic mass is 16.2. The van der Waals surface area contributed by atoms with E-state index in [4.69, 9.17) is 0 Å². The Morgan fingerprint density at radius 3 is 2.73 bits per heavy atom. The summed E-state index contributed by atoms with van der Waals surface area (Å²) in [6.07, 6.45) is 1.05. The normalized spacial score (nSPS) is 23.7. The molecular formula is C11H23N3O. The SMILES string of the molecule is CC(C)N1CCCNC(CN(C)C)C1=O. The number of amides is 1. The summed E-state index contributed by atoms with van der Waals surface area (Å²) >= 11 is 0. The van der Waals surface area contributed by atoms with Gasteiger partial charge in [-0.25, -0.2) is 0 Å². The van der Waals surface area contributed by atoms with Crippen molar-refractivity contribution in [2.45, 2.75) is 32.4 Å². The molecule has 0 aromatic carbocycles. The van der Waals surface area contributed by atoms with Crippen molar-refractivity contribution in [3.05, 3.63) is 0 Å². The maximum atomic E-state index is 12.2. The van der Waals surface area contributed by atoms with Crippen LogP contribution in [0.25, 0.3) is 0 Å². The molecular weight excluding hydrogens is 190 g/mol. The molecule has 1 amide bonds. The van der Waals surface area contributed by atoms with Gasteiger partial charge in [-0.2, -0.15) is 0 Å². The highest BCUT2D eigenvalue weighted by molar-refractivity contribution is 5.82. The summed E-state index contributed by atoms with van der Waals surface area (Å²) in [5, 5.41) is 3.31. The Kier molecular flexibility index (Phi) is 4.54. The second kappa shape index (κ2) is 5.47. The molecule has 1 N–H and O–H groups in total. The molecule has 1 saturated heterocycles. The molecule has 15 heavy (non-hydrogen) atoms. The molecule has 4 heteroatoms. The van der Waals surface area contributed by atoms with E-state index in [-0.39, 0.29) is 11.9 Å². The molecule has 1 heterocycles. The van der Waals surface area contributed by atoms with E-state index in [2.05, 4.69) is 24.1 Å². The molecule has 1 aliphatic rings. The smallest absolute Gasteiger partial charge is 0.241 e. The number of likely N-dealkylation sites (N-methyl/N-ethyl adjacent to an activating group) is 1. The molecule has 1 unspecified atom stereocenters. The Balaban J connectivity index is 2.66. The average molecular weight is 213 g/mol. The first kappa shape index (κ1) is 12.5. The summed E-state index contributed by atoms with van der Waals surface area (Å²) in [5.74, 6) is 0.246. The first-order valence-corrected chi connectivity index (χ1v) is 5.71. The van der Waals surface area contributed by atoms with Gasteiger partial charge in [-0.3, -0.25) is 4.79 Å². The monoisotopic (exact) mass is 213 g/mol. The van der Waals surface area contributed by atoms with Crippen LogP contribution in [-0.2, 0) is 4.79 Å². The molecule has 4 nitrogen and oxygen atoms in total. The predicted molar refractivity (Wildman–Crippen MR) is 61.8 cm³/mol. The van der Waals surface area contributed by atoms with E-state index in [0.717, 1.165) is 26.1 Å². The van der Waals surface area contributed by atoms with E-state index in [0.29, 0.717) is 6.04 Å². The van der Waals surface area contributed by atoms with Crippen LogP contribution in [0.1, 0.15) is 20.3 Å². The van der Waals surface area contributed by atoms with E-state index in [9.17, 15) is 4.79 Å². The Hall–Kier alpha value is -0.610. The number of hydrogen-bond donors (Lipinski definition) is 1. The van der Waals surface area contributed by atoms with E-state index < -0.39 is 0 Å². The van der Waals surface area contributed by atoms with Gasteiger partial charge in [0.25, 0.3) is 0 Å². The number of rotatable bonds is 3. The summed E-state index contributed by atoms with van der Waals surface area (Å²) in [5.41, 5.74) is 0. The number of carbonyl (C=O) groups excluding carboxylic acids is 1. The summed E-state index contributed by atoms with van der Waals surface area (Å²) < 4.78 is 0. The molecule has 1 aliphatic heterocycles. The van der Waals surface area contributed by atoms with Gasteiger partial charge in [-0.1, -0.05) is 0 Å². The molecule has 0 bridgehead atoms. The summed E-state index contributed by atoms with van der Waals surface area (Å²) in [4.78, 5) is 16.2. The van der Waals surface area contributed by atoms with Crippen LogP contribution in [0.15, 0.2) is 0 Å². The van der Waals surface area contributed by atoms with Crippen molar-refractivity contribution in [2.75, 3.05) is 33.7 Å². The van der Waals surface area contributed by atoms with E-state index >= 15 is 0 Å². The van der Waals surface area contributed by atoms with Gasteiger partial charge in [0.05, 0.1) is 6.04 Å². The lowest BCUT2D eigenvalue weighted by atomic mass is 10.2. The maximum absolute atomic E-state index is 12.2. The van der Waals surface area contributed by atoms with Gasteiger partial charge in [-0.15, -0.1) is 0 Å². The quantitative estimate of drug-likeness (QED) is 0.725. The highest BCUT2D eigenvalue weighted by Gasteiger charge is 2.28. The van der Waals surface area contributed by atoms with Crippen molar-refractivity contribution in [3.8, 4) is 0 Å². The van der Waals surface area contributed by atoms with Gasteiger partial charge in [0, 0.05) is 19.1 Å². The third kappa shape index (κ3) is 3.47. The molecule has 1 atom stereocenters. The Labute approximate surface area is 92.6 Å². The van der Waals surface area contributed by atoms with Gasteiger partial charge < -0.3 is 15.1 Å². The molecule has 1 rings (SSSR count). The molecule has 0 radical (unpaired) electrons. The fourth-order valence-corrected chi connectivity index (χ4v) is 1.94. The van der Waals surface area contributed by atoms with Gasteiger partial charge in [0.2, 0.25) is 5.91 Å². The first-order valence-electron chi connectivity index (χ1n) is 5.71. The van der Waals surface area contributed by atoms with Crippen LogP contribution in [0.5, 0.6) is 0 Å². The Bertz CT molecular complexity index is 216. The van der Waals surface area contributed by atoms with Crippen molar-refractivity contribution in [3.63, 3.8) is 0 Å². The zero-order chi connectivity index (χ0) is 11.4.